The molecule has 0 spiro atoms. The molecule has 0 saturated heterocycles. The van der Waals surface area contributed by atoms with E-state index < -0.39 is 12.0 Å². The van der Waals surface area contributed by atoms with Gasteiger partial charge in [-0.05, 0) is 17.7 Å². The number of carboxylic acid groups (broad SMARTS) is 1. The first kappa shape index (κ1) is 11.0. The van der Waals surface area contributed by atoms with Crippen molar-refractivity contribution < 1.29 is 19.8 Å². The van der Waals surface area contributed by atoms with Crippen LogP contribution in [0.2, 0.25) is 0 Å². The highest BCUT2D eigenvalue weighted by atomic mass is 16.4. The number of carbonyl (C=O) groups excluding carboxylic acids is 1. The van der Waals surface area contributed by atoms with E-state index in [1.807, 2.05) is 0 Å². The van der Waals surface area contributed by atoms with Crippen LogP contribution in [0.15, 0.2) is 24.3 Å². The van der Waals surface area contributed by atoms with E-state index in [1.165, 1.54) is 12.1 Å². The lowest BCUT2D eigenvalue weighted by molar-refractivity contribution is -0.140. The van der Waals surface area contributed by atoms with Gasteiger partial charge in [-0.2, -0.15) is 0 Å². The minimum Gasteiger partial charge on any atom is -0.508 e. The van der Waals surface area contributed by atoms with E-state index in [-0.39, 0.29) is 12.2 Å². The SMILES string of the molecule is O=CN[C@H](Cc1ccc(O)cc1)C(=O)O. The summed E-state index contributed by atoms with van der Waals surface area (Å²) in [4.78, 5) is 20.8. The fourth-order valence-corrected chi connectivity index (χ4v) is 1.17. The van der Waals surface area contributed by atoms with Crippen LogP contribution < -0.4 is 5.32 Å². The molecule has 0 unspecified atom stereocenters. The molecule has 15 heavy (non-hydrogen) atoms. The summed E-state index contributed by atoms with van der Waals surface area (Å²) >= 11 is 0. The van der Waals surface area contributed by atoms with E-state index in [9.17, 15) is 9.59 Å². The molecule has 1 aromatic rings. The number of phenols is 1. The number of aliphatic carboxylic acids is 1. The van der Waals surface area contributed by atoms with Gasteiger partial charge >= 0.3 is 5.97 Å². The average Bonchev–Trinajstić information content (AvgIpc) is 2.20. The Bertz CT molecular complexity index is 347. The van der Waals surface area contributed by atoms with Crippen molar-refractivity contribution in [2.24, 2.45) is 0 Å². The molecule has 1 atom stereocenters. The molecular weight excluding hydrogens is 198 g/mol. The van der Waals surface area contributed by atoms with Crippen molar-refractivity contribution in [2.75, 3.05) is 0 Å². The summed E-state index contributed by atoms with van der Waals surface area (Å²) in [6.07, 6.45) is 0.549. The molecule has 1 rings (SSSR count). The predicted molar refractivity (Wildman–Crippen MR) is 52.4 cm³/mol. The smallest absolute Gasteiger partial charge is 0.326 e. The van der Waals surface area contributed by atoms with Gasteiger partial charge in [0.2, 0.25) is 6.41 Å². The average molecular weight is 209 g/mol. The van der Waals surface area contributed by atoms with Crippen LogP contribution in [-0.4, -0.2) is 28.6 Å². The van der Waals surface area contributed by atoms with Gasteiger partial charge in [0.05, 0.1) is 0 Å². The number of phenolic OH excluding ortho intramolecular Hbond substituents is 1. The molecule has 0 bridgehead atoms. The maximum Gasteiger partial charge on any atom is 0.326 e. The molecule has 0 aromatic heterocycles. The molecule has 1 aromatic carbocycles. The van der Waals surface area contributed by atoms with E-state index >= 15 is 0 Å². The zero-order valence-corrected chi connectivity index (χ0v) is 7.88. The zero-order chi connectivity index (χ0) is 11.3. The van der Waals surface area contributed by atoms with E-state index in [2.05, 4.69) is 5.32 Å². The van der Waals surface area contributed by atoms with E-state index in [4.69, 9.17) is 10.2 Å². The van der Waals surface area contributed by atoms with Crippen molar-refractivity contribution in [3.8, 4) is 5.75 Å². The standard InChI is InChI=1S/C10H11NO4/c12-6-11-9(10(14)15)5-7-1-3-8(13)4-2-7/h1-4,6,9,13H,5H2,(H,11,12)(H,14,15)/t9-/m1/s1. The monoisotopic (exact) mass is 209 g/mol. The first-order chi connectivity index (χ1) is 7.13. The van der Waals surface area contributed by atoms with Gasteiger partial charge in [0.25, 0.3) is 0 Å². The number of hydrogen-bond acceptors (Lipinski definition) is 3. The predicted octanol–water partition coefficient (Wildman–Crippen LogP) is 0.134. The Balaban J connectivity index is 2.69. The Hall–Kier alpha value is -2.04. The quantitative estimate of drug-likeness (QED) is 0.602. The van der Waals surface area contributed by atoms with Crippen molar-refractivity contribution in [1.82, 2.24) is 5.32 Å². The molecule has 0 aliphatic rings. The highest BCUT2D eigenvalue weighted by molar-refractivity contribution is 5.76. The van der Waals surface area contributed by atoms with Gasteiger partial charge in [-0.15, -0.1) is 0 Å². The number of nitrogens with one attached hydrogen (secondary N) is 1. The molecule has 0 fully saturated rings. The molecule has 0 aliphatic heterocycles. The second-order valence-corrected chi connectivity index (χ2v) is 3.05. The number of hydrogen-bond donors (Lipinski definition) is 3. The summed E-state index contributed by atoms with van der Waals surface area (Å²) in [7, 11) is 0. The Labute approximate surface area is 86.4 Å². The first-order valence-electron chi connectivity index (χ1n) is 4.34. The van der Waals surface area contributed by atoms with Crippen molar-refractivity contribution in [3.05, 3.63) is 29.8 Å². The van der Waals surface area contributed by atoms with Crippen molar-refractivity contribution in [2.45, 2.75) is 12.5 Å². The summed E-state index contributed by atoms with van der Waals surface area (Å²) in [6, 6.07) is 5.21. The number of benzene rings is 1. The number of aromatic hydroxyl groups is 1. The molecule has 3 N–H and O–H groups in total. The van der Waals surface area contributed by atoms with Crippen LogP contribution in [0, 0.1) is 0 Å². The van der Waals surface area contributed by atoms with Crippen LogP contribution in [0.5, 0.6) is 5.75 Å². The molecule has 0 aliphatic carbocycles. The van der Waals surface area contributed by atoms with E-state index in [1.54, 1.807) is 12.1 Å². The summed E-state index contributed by atoms with van der Waals surface area (Å²) < 4.78 is 0. The Morgan fingerprint density at radius 1 is 1.40 bits per heavy atom. The van der Waals surface area contributed by atoms with Crippen molar-refractivity contribution in [1.29, 1.82) is 0 Å². The topological polar surface area (TPSA) is 86.6 Å². The number of amides is 1. The Kier molecular flexibility index (Phi) is 3.68. The molecular formula is C10H11NO4. The zero-order valence-electron chi connectivity index (χ0n) is 7.88. The molecule has 0 heterocycles. The number of rotatable bonds is 5. The number of carbonyl (C=O) groups is 2. The molecule has 1 amide bonds. The van der Waals surface area contributed by atoms with Gasteiger partial charge in [0.1, 0.15) is 11.8 Å². The summed E-state index contributed by atoms with van der Waals surface area (Å²) in [5.74, 6) is -0.968. The minimum atomic E-state index is -1.09. The van der Waals surface area contributed by atoms with Crippen molar-refractivity contribution >= 4 is 12.4 Å². The lowest BCUT2D eigenvalue weighted by atomic mass is 10.1. The normalized spacial score (nSPS) is 11.7. The third-order valence-corrected chi connectivity index (χ3v) is 1.94. The molecule has 80 valence electrons. The van der Waals surface area contributed by atoms with Gasteiger partial charge in [-0.3, -0.25) is 4.79 Å². The van der Waals surface area contributed by atoms with Gasteiger partial charge in [-0.25, -0.2) is 4.79 Å². The third-order valence-electron chi connectivity index (χ3n) is 1.94. The maximum absolute atomic E-state index is 10.7. The van der Waals surface area contributed by atoms with Crippen LogP contribution in [0.1, 0.15) is 5.56 Å². The first-order valence-corrected chi connectivity index (χ1v) is 4.34. The molecule has 5 heteroatoms. The van der Waals surface area contributed by atoms with Gasteiger partial charge in [-0.1, -0.05) is 12.1 Å². The van der Waals surface area contributed by atoms with Crippen LogP contribution in [0.25, 0.3) is 0 Å². The van der Waals surface area contributed by atoms with Gasteiger partial charge in [0, 0.05) is 6.42 Å². The second-order valence-electron chi connectivity index (χ2n) is 3.05. The lowest BCUT2D eigenvalue weighted by Crippen LogP contribution is -2.37. The molecule has 5 nitrogen and oxygen atoms in total. The maximum atomic E-state index is 10.7. The van der Waals surface area contributed by atoms with Crippen LogP contribution in [-0.2, 0) is 16.0 Å². The Morgan fingerprint density at radius 3 is 2.47 bits per heavy atom. The summed E-state index contributed by atoms with van der Waals surface area (Å²) in [5.41, 5.74) is 0.731. The molecule has 0 saturated carbocycles. The third kappa shape index (κ3) is 3.30. The largest absolute Gasteiger partial charge is 0.508 e. The van der Waals surface area contributed by atoms with Crippen molar-refractivity contribution in [3.63, 3.8) is 0 Å². The highest BCUT2D eigenvalue weighted by Gasteiger charge is 2.16. The summed E-state index contributed by atoms with van der Waals surface area (Å²) in [6.45, 7) is 0. The van der Waals surface area contributed by atoms with Gasteiger partial charge < -0.3 is 15.5 Å². The fraction of sp³-hybridized carbons (Fsp3) is 0.200. The molecule has 0 radical (unpaired) electrons. The minimum absolute atomic E-state index is 0.119. The lowest BCUT2D eigenvalue weighted by Gasteiger charge is -2.10. The Morgan fingerprint density at radius 2 is 2.00 bits per heavy atom. The highest BCUT2D eigenvalue weighted by Crippen LogP contribution is 2.11. The van der Waals surface area contributed by atoms with Crippen LogP contribution in [0.4, 0.5) is 0 Å². The summed E-state index contributed by atoms with van der Waals surface area (Å²) in [5, 5.41) is 20.0. The second kappa shape index (κ2) is 4.99. The van der Waals surface area contributed by atoms with Crippen LogP contribution >= 0.6 is 0 Å². The fourth-order valence-electron chi connectivity index (χ4n) is 1.17. The van der Waals surface area contributed by atoms with E-state index in [0.29, 0.717) is 6.41 Å². The van der Waals surface area contributed by atoms with Crippen LogP contribution in [0.3, 0.4) is 0 Å². The number of carboxylic acids is 1. The van der Waals surface area contributed by atoms with Gasteiger partial charge in [0.15, 0.2) is 0 Å². The van der Waals surface area contributed by atoms with E-state index in [0.717, 1.165) is 5.56 Å².